The van der Waals surface area contributed by atoms with Crippen LogP contribution in [-0.2, 0) is 4.74 Å². The van der Waals surface area contributed by atoms with Crippen LogP contribution in [0.4, 0.5) is 0 Å². The van der Waals surface area contributed by atoms with Gasteiger partial charge < -0.3 is 9.64 Å². The maximum Gasteiger partial charge on any atom is 0.274 e. The summed E-state index contributed by atoms with van der Waals surface area (Å²) in [6, 6.07) is 1.87. The first-order valence-electron chi connectivity index (χ1n) is 8.43. The van der Waals surface area contributed by atoms with Crippen molar-refractivity contribution in [2.24, 2.45) is 5.92 Å². The molecular weight excluding hydrogens is 278 g/mol. The van der Waals surface area contributed by atoms with Crippen LogP contribution < -0.4 is 0 Å². The van der Waals surface area contributed by atoms with Crippen LogP contribution in [0.3, 0.4) is 0 Å². The van der Waals surface area contributed by atoms with E-state index in [1.807, 2.05) is 11.0 Å². The average Bonchev–Trinajstić information content (AvgIpc) is 2.96. The molecular formula is C17H29N3O2. The maximum absolute atomic E-state index is 12.6. The number of morpholine rings is 1. The largest absolute Gasteiger partial charge is 0.375 e. The molecule has 0 radical (unpaired) electrons. The molecule has 1 aromatic rings. The van der Waals surface area contributed by atoms with Gasteiger partial charge in [0.2, 0.25) is 0 Å². The number of aromatic amines is 1. The molecule has 1 atom stereocenters. The zero-order chi connectivity index (χ0) is 16.1. The predicted octanol–water partition coefficient (Wildman–Crippen LogP) is 3.20. The van der Waals surface area contributed by atoms with Gasteiger partial charge in [-0.2, -0.15) is 5.10 Å². The monoisotopic (exact) mass is 307 g/mol. The molecule has 2 heterocycles. The molecule has 5 heteroatoms. The first kappa shape index (κ1) is 17.0. The van der Waals surface area contributed by atoms with Crippen molar-refractivity contribution in [1.82, 2.24) is 15.1 Å². The van der Waals surface area contributed by atoms with Crippen molar-refractivity contribution in [2.75, 3.05) is 19.7 Å². The Bertz CT molecular complexity index is 482. The zero-order valence-corrected chi connectivity index (χ0v) is 14.3. The van der Waals surface area contributed by atoms with Crippen LogP contribution in [0.5, 0.6) is 0 Å². The molecule has 0 aromatic carbocycles. The van der Waals surface area contributed by atoms with E-state index >= 15 is 0 Å². The number of ether oxygens (including phenoxy) is 1. The molecule has 1 aliphatic heterocycles. The van der Waals surface area contributed by atoms with Crippen molar-refractivity contribution in [3.63, 3.8) is 0 Å². The molecule has 0 saturated carbocycles. The number of aromatic nitrogens is 2. The van der Waals surface area contributed by atoms with Gasteiger partial charge in [0.05, 0.1) is 12.7 Å². The van der Waals surface area contributed by atoms with E-state index in [0.29, 0.717) is 31.3 Å². The number of amides is 1. The lowest BCUT2D eigenvalue weighted by Crippen LogP contribution is -2.45. The summed E-state index contributed by atoms with van der Waals surface area (Å²) in [6.07, 6.45) is 3.56. The molecule has 0 spiro atoms. The van der Waals surface area contributed by atoms with Gasteiger partial charge in [-0.25, -0.2) is 0 Å². The molecule has 1 aliphatic rings. The zero-order valence-electron chi connectivity index (χ0n) is 14.3. The summed E-state index contributed by atoms with van der Waals surface area (Å²) in [4.78, 5) is 14.4. The van der Waals surface area contributed by atoms with E-state index < -0.39 is 0 Å². The van der Waals surface area contributed by atoms with Gasteiger partial charge in [0.15, 0.2) is 0 Å². The summed E-state index contributed by atoms with van der Waals surface area (Å²) in [7, 11) is 0. The van der Waals surface area contributed by atoms with Crippen molar-refractivity contribution in [2.45, 2.75) is 59.0 Å². The lowest BCUT2D eigenvalue weighted by molar-refractivity contribution is -0.0262. The summed E-state index contributed by atoms with van der Waals surface area (Å²) < 4.78 is 5.80. The molecule has 1 amide bonds. The number of carbonyl (C=O) groups is 1. The minimum atomic E-state index is 0.0142. The van der Waals surface area contributed by atoms with Crippen molar-refractivity contribution in [1.29, 1.82) is 0 Å². The first-order chi connectivity index (χ1) is 10.5. The third-order valence-electron chi connectivity index (χ3n) is 4.17. The Morgan fingerprint density at radius 1 is 1.45 bits per heavy atom. The average molecular weight is 307 g/mol. The van der Waals surface area contributed by atoms with Gasteiger partial charge in [-0.3, -0.25) is 9.89 Å². The van der Waals surface area contributed by atoms with Crippen molar-refractivity contribution in [3.05, 3.63) is 17.5 Å². The summed E-state index contributed by atoms with van der Waals surface area (Å²) in [5, 5.41) is 7.12. The van der Waals surface area contributed by atoms with Crippen LogP contribution in [-0.4, -0.2) is 46.8 Å². The van der Waals surface area contributed by atoms with Gasteiger partial charge in [0, 0.05) is 18.8 Å². The van der Waals surface area contributed by atoms with E-state index in [4.69, 9.17) is 4.74 Å². The Morgan fingerprint density at radius 3 is 2.86 bits per heavy atom. The molecule has 1 saturated heterocycles. The van der Waals surface area contributed by atoms with Crippen LogP contribution in [0.15, 0.2) is 6.07 Å². The molecule has 2 rings (SSSR count). The highest BCUT2D eigenvalue weighted by molar-refractivity contribution is 5.92. The molecule has 124 valence electrons. The third-order valence-corrected chi connectivity index (χ3v) is 4.17. The van der Waals surface area contributed by atoms with Crippen LogP contribution in [0.1, 0.15) is 69.1 Å². The predicted molar refractivity (Wildman–Crippen MR) is 87.0 cm³/mol. The van der Waals surface area contributed by atoms with E-state index in [0.717, 1.165) is 24.5 Å². The lowest BCUT2D eigenvalue weighted by atomic mass is 10.0. The third kappa shape index (κ3) is 4.57. The number of hydrogen-bond acceptors (Lipinski definition) is 3. The summed E-state index contributed by atoms with van der Waals surface area (Å²) >= 11 is 0. The minimum absolute atomic E-state index is 0.0142. The van der Waals surface area contributed by atoms with Crippen LogP contribution in [0, 0.1) is 5.92 Å². The SMILES string of the molecule is CC(C)CCC[C@H]1CN(C(=O)c2cc(C(C)C)[nH]n2)CCO1. The number of carbonyl (C=O) groups excluding carboxylic acids is 1. The molecule has 0 aliphatic carbocycles. The summed E-state index contributed by atoms with van der Waals surface area (Å²) in [6.45, 7) is 10.6. The summed E-state index contributed by atoms with van der Waals surface area (Å²) in [5.74, 6) is 1.09. The Labute approximate surface area is 133 Å². The number of hydrogen-bond donors (Lipinski definition) is 1. The lowest BCUT2D eigenvalue weighted by Gasteiger charge is -2.32. The molecule has 0 bridgehead atoms. The van der Waals surface area contributed by atoms with Gasteiger partial charge in [-0.15, -0.1) is 0 Å². The van der Waals surface area contributed by atoms with Gasteiger partial charge in [-0.1, -0.05) is 40.5 Å². The number of nitrogens with one attached hydrogen (secondary N) is 1. The molecule has 1 aromatic heterocycles. The second-order valence-electron chi connectivity index (χ2n) is 6.93. The highest BCUT2D eigenvalue weighted by Crippen LogP contribution is 2.17. The van der Waals surface area contributed by atoms with Gasteiger partial charge in [0.1, 0.15) is 5.69 Å². The Hall–Kier alpha value is -1.36. The number of rotatable bonds is 6. The quantitative estimate of drug-likeness (QED) is 0.878. The van der Waals surface area contributed by atoms with Crippen molar-refractivity contribution < 1.29 is 9.53 Å². The molecule has 0 unspecified atom stereocenters. The molecule has 1 fully saturated rings. The molecule has 22 heavy (non-hydrogen) atoms. The van der Waals surface area contributed by atoms with E-state index in [2.05, 4.69) is 37.9 Å². The first-order valence-corrected chi connectivity index (χ1v) is 8.43. The Morgan fingerprint density at radius 2 is 2.23 bits per heavy atom. The van der Waals surface area contributed by atoms with E-state index in [-0.39, 0.29) is 12.0 Å². The Kier molecular flexibility index (Phi) is 6.00. The maximum atomic E-state index is 12.6. The number of H-pyrrole nitrogens is 1. The van der Waals surface area contributed by atoms with E-state index in [1.165, 1.54) is 6.42 Å². The standard InChI is InChI=1S/C17H29N3O2/c1-12(2)6-5-7-14-11-20(8-9-22-14)17(21)16-10-15(13(3)4)18-19-16/h10,12-14H,5-9,11H2,1-4H3,(H,18,19)/t14-/m0/s1. The number of nitrogens with zero attached hydrogens (tertiary/aromatic N) is 2. The van der Waals surface area contributed by atoms with Gasteiger partial charge in [0.25, 0.3) is 5.91 Å². The second kappa shape index (κ2) is 7.77. The topological polar surface area (TPSA) is 58.2 Å². The van der Waals surface area contributed by atoms with Crippen LogP contribution >= 0.6 is 0 Å². The smallest absolute Gasteiger partial charge is 0.274 e. The normalized spacial score (nSPS) is 19.2. The highest BCUT2D eigenvalue weighted by atomic mass is 16.5. The molecule has 5 nitrogen and oxygen atoms in total. The summed E-state index contributed by atoms with van der Waals surface area (Å²) in [5.41, 5.74) is 1.52. The van der Waals surface area contributed by atoms with E-state index in [1.54, 1.807) is 0 Å². The van der Waals surface area contributed by atoms with Crippen LogP contribution in [0.25, 0.3) is 0 Å². The minimum Gasteiger partial charge on any atom is -0.375 e. The fraction of sp³-hybridized carbons (Fsp3) is 0.765. The van der Waals surface area contributed by atoms with Gasteiger partial charge in [-0.05, 0) is 24.3 Å². The Balaban J connectivity index is 1.89. The highest BCUT2D eigenvalue weighted by Gasteiger charge is 2.26. The fourth-order valence-electron chi connectivity index (χ4n) is 2.74. The van der Waals surface area contributed by atoms with Crippen molar-refractivity contribution >= 4 is 5.91 Å². The van der Waals surface area contributed by atoms with Gasteiger partial charge >= 0.3 is 0 Å². The van der Waals surface area contributed by atoms with Crippen LogP contribution in [0.2, 0.25) is 0 Å². The van der Waals surface area contributed by atoms with E-state index in [9.17, 15) is 4.79 Å². The van der Waals surface area contributed by atoms with Crippen molar-refractivity contribution in [3.8, 4) is 0 Å². The second-order valence-corrected chi connectivity index (χ2v) is 6.93. The molecule has 1 N–H and O–H groups in total. The fourth-order valence-corrected chi connectivity index (χ4v) is 2.74.